The number of carbonyl (C=O) groups excluding carboxylic acids is 2. The van der Waals surface area contributed by atoms with Crippen LogP contribution in [-0.4, -0.2) is 25.5 Å². The Morgan fingerprint density at radius 3 is 2.53 bits per heavy atom. The Kier molecular flexibility index (Phi) is 6.14. The van der Waals surface area contributed by atoms with E-state index in [9.17, 15) is 9.59 Å². The highest BCUT2D eigenvalue weighted by Crippen LogP contribution is 2.26. The summed E-state index contributed by atoms with van der Waals surface area (Å²) < 4.78 is 4.78. The predicted octanol–water partition coefficient (Wildman–Crippen LogP) is 4.35. The second-order valence-electron chi connectivity index (χ2n) is 7.31. The highest BCUT2D eigenvalue weighted by Gasteiger charge is 2.21. The second kappa shape index (κ2) is 9.13. The van der Waals surface area contributed by atoms with Crippen LogP contribution < -0.4 is 10.2 Å². The van der Waals surface area contributed by atoms with Crippen LogP contribution in [0, 0.1) is 0 Å². The smallest absolute Gasteiger partial charge is 0.307 e. The Morgan fingerprint density at radius 1 is 1.07 bits per heavy atom. The summed E-state index contributed by atoms with van der Waals surface area (Å²) in [5.74, 6) is -0.553. The van der Waals surface area contributed by atoms with Crippen LogP contribution in [0.1, 0.15) is 38.8 Å². The van der Waals surface area contributed by atoms with E-state index in [1.807, 2.05) is 41.8 Å². The third-order valence-corrected chi connectivity index (χ3v) is 6.40. The van der Waals surface area contributed by atoms with Gasteiger partial charge in [-0.15, -0.1) is 11.3 Å². The van der Waals surface area contributed by atoms with Crippen molar-refractivity contribution in [1.29, 1.82) is 0 Å². The molecule has 0 fully saturated rings. The van der Waals surface area contributed by atoms with Crippen LogP contribution >= 0.6 is 11.3 Å². The molecule has 6 heteroatoms. The van der Waals surface area contributed by atoms with Crippen LogP contribution in [-0.2, 0) is 22.5 Å². The summed E-state index contributed by atoms with van der Waals surface area (Å²) >= 11 is 1.51. The highest BCUT2D eigenvalue weighted by atomic mass is 32.1. The number of thiophene rings is 1. The van der Waals surface area contributed by atoms with Crippen molar-refractivity contribution < 1.29 is 14.3 Å². The molecule has 1 aromatic heterocycles. The average molecular weight is 421 g/mol. The number of nitrogens with one attached hydrogen (secondary N) is 1. The SMILES string of the molecule is COC(=O)CC(NC(=O)c1ccc(N2CCc3ccccc3C2)cc1)c1cccs1. The van der Waals surface area contributed by atoms with Gasteiger partial charge in [0.1, 0.15) is 0 Å². The molecule has 2 aromatic carbocycles. The molecule has 1 amide bonds. The van der Waals surface area contributed by atoms with Gasteiger partial charge in [-0.2, -0.15) is 0 Å². The number of anilines is 1. The number of nitrogens with zero attached hydrogens (tertiary/aromatic N) is 1. The van der Waals surface area contributed by atoms with Crippen LogP contribution in [0.2, 0.25) is 0 Å². The number of ether oxygens (including phenoxy) is 1. The van der Waals surface area contributed by atoms with Crippen LogP contribution in [0.5, 0.6) is 0 Å². The Hall–Kier alpha value is -3.12. The standard InChI is InChI=1S/C24H24N2O3S/c1-29-23(27)15-21(22-7-4-14-30-22)25-24(28)18-8-10-20(11-9-18)26-13-12-17-5-2-3-6-19(17)16-26/h2-11,14,21H,12-13,15-16H2,1H3,(H,25,28). The van der Waals surface area contributed by atoms with Crippen LogP contribution in [0.3, 0.4) is 0 Å². The quantitative estimate of drug-likeness (QED) is 0.603. The molecule has 0 saturated carbocycles. The number of methoxy groups -OCH3 is 1. The molecule has 1 atom stereocenters. The Labute approximate surface area is 180 Å². The number of fused-ring (bicyclic) bond motifs is 1. The van der Waals surface area contributed by atoms with Gasteiger partial charge < -0.3 is 15.0 Å². The van der Waals surface area contributed by atoms with Gasteiger partial charge in [-0.05, 0) is 53.3 Å². The molecule has 0 bridgehead atoms. The van der Waals surface area contributed by atoms with E-state index in [2.05, 4.69) is 34.5 Å². The van der Waals surface area contributed by atoms with Crippen LogP contribution in [0.25, 0.3) is 0 Å². The van der Waals surface area contributed by atoms with Gasteiger partial charge in [-0.1, -0.05) is 30.3 Å². The minimum absolute atomic E-state index is 0.105. The van der Waals surface area contributed by atoms with Gasteiger partial charge in [0.2, 0.25) is 0 Å². The van der Waals surface area contributed by atoms with Crippen LogP contribution in [0.4, 0.5) is 5.69 Å². The van der Waals surface area contributed by atoms with E-state index in [1.54, 1.807) is 0 Å². The van der Waals surface area contributed by atoms with Gasteiger partial charge in [-0.3, -0.25) is 9.59 Å². The lowest BCUT2D eigenvalue weighted by Gasteiger charge is -2.30. The van der Waals surface area contributed by atoms with Crippen LogP contribution in [0.15, 0.2) is 66.0 Å². The number of hydrogen-bond acceptors (Lipinski definition) is 5. The second-order valence-corrected chi connectivity index (χ2v) is 8.29. The zero-order valence-corrected chi connectivity index (χ0v) is 17.7. The Bertz CT molecular complexity index is 1020. The Morgan fingerprint density at radius 2 is 1.83 bits per heavy atom. The molecular formula is C24H24N2O3S. The summed E-state index contributed by atoms with van der Waals surface area (Å²) in [4.78, 5) is 27.8. The first-order valence-electron chi connectivity index (χ1n) is 9.97. The fraction of sp³-hybridized carbons (Fsp3) is 0.250. The van der Waals surface area contributed by atoms with Gasteiger partial charge in [0.05, 0.1) is 19.6 Å². The number of hydrogen-bond donors (Lipinski definition) is 1. The van der Waals surface area contributed by atoms with Crippen molar-refractivity contribution in [2.45, 2.75) is 25.4 Å². The molecule has 0 radical (unpaired) electrons. The number of benzene rings is 2. The van der Waals surface area contributed by atoms with Crippen molar-refractivity contribution in [2.75, 3.05) is 18.6 Å². The topological polar surface area (TPSA) is 58.6 Å². The van der Waals surface area contributed by atoms with E-state index in [-0.39, 0.29) is 18.3 Å². The third kappa shape index (κ3) is 4.54. The summed E-state index contributed by atoms with van der Waals surface area (Å²) in [6, 6.07) is 19.6. The maximum atomic E-state index is 12.8. The molecule has 4 rings (SSSR count). The summed E-state index contributed by atoms with van der Waals surface area (Å²) in [7, 11) is 1.35. The van der Waals surface area contributed by atoms with Gasteiger partial charge in [0.25, 0.3) is 5.91 Å². The summed E-state index contributed by atoms with van der Waals surface area (Å²) in [5, 5.41) is 4.90. The molecule has 1 unspecified atom stereocenters. The number of amides is 1. The largest absolute Gasteiger partial charge is 0.469 e. The molecule has 154 valence electrons. The molecule has 0 aliphatic carbocycles. The van der Waals surface area contributed by atoms with Crippen molar-refractivity contribution in [3.63, 3.8) is 0 Å². The monoisotopic (exact) mass is 420 g/mol. The van der Waals surface area contributed by atoms with Gasteiger partial charge in [0, 0.05) is 29.2 Å². The maximum Gasteiger partial charge on any atom is 0.307 e. The van der Waals surface area contributed by atoms with E-state index in [0.29, 0.717) is 5.56 Å². The van der Waals surface area contributed by atoms with E-state index < -0.39 is 6.04 Å². The van der Waals surface area contributed by atoms with Crippen molar-refractivity contribution in [2.24, 2.45) is 0 Å². The first kappa shape index (κ1) is 20.2. The summed E-state index contributed by atoms with van der Waals surface area (Å²) in [6.07, 6.45) is 1.13. The van der Waals surface area contributed by atoms with E-state index in [4.69, 9.17) is 4.74 Å². The van der Waals surface area contributed by atoms with E-state index in [1.165, 1.54) is 29.6 Å². The molecule has 0 spiro atoms. The normalized spacial score (nSPS) is 14.0. The fourth-order valence-corrected chi connectivity index (χ4v) is 4.52. The van der Waals surface area contributed by atoms with Crippen molar-refractivity contribution in [3.8, 4) is 0 Å². The molecule has 3 aromatic rings. The van der Waals surface area contributed by atoms with Gasteiger partial charge in [-0.25, -0.2) is 0 Å². The summed E-state index contributed by atoms with van der Waals surface area (Å²) in [5.41, 5.74) is 4.44. The van der Waals surface area contributed by atoms with Crippen molar-refractivity contribution in [1.82, 2.24) is 5.32 Å². The van der Waals surface area contributed by atoms with Gasteiger partial charge in [0.15, 0.2) is 0 Å². The highest BCUT2D eigenvalue weighted by molar-refractivity contribution is 7.10. The first-order chi connectivity index (χ1) is 14.6. The van der Waals surface area contributed by atoms with E-state index >= 15 is 0 Å². The number of esters is 1. The lowest BCUT2D eigenvalue weighted by Crippen LogP contribution is -2.31. The molecule has 1 aliphatic rings. The zero-order chi connectivity index (χ0) is 20.9. The third-order valence-electron chi connectivity index (χ3n) is 5.42. The zero-order valence-electron chi connectivity index (χ0n) is 16.8. The number of carbonyl (C=O) groups is 2. The minimum atomic E-state index is -0.400. The molecule has 1 aliphatic heterocycles. The maximum absolute atomic E-state index is 12.8. The predicted molar refractivity (Wildman–Crippen MR) is 119 cm³/mol. The Balaban J connectivity index is 1.44. The lowest BCUT2D eigenvalue weighted by atomic mass is 9.99. The lowest BCUT2D eigenvalue weighted by molar-refractivity contribution is -0.141. The molecule has 1 N–H and O–H groups in total. The first-order valence-corrected chi connectivity index (χ1v) is 10.8. The average Bonchev–Trinajstić information content (AvgIpc) is 3.33. The fourth-order valence-electron chi connectivity index (χ4n) is 3.74. The molecule has 30 heavy (non-hydrogen) atoms. The molecule has 0 saturated heterocycles. The molecule has 2 heterocycles. The van der Waals surface area contributed by atoms with Crippen molar-refractivity contribution in [3.05, 3.63) is 87.6 Å². The molecule has 5 nitrogen and oxygen atoms in total. The van der Waals surface area contributed by atoms with E-state index in [0.717, 1.165) is 30.1 Å². The minimum Gasteiger partial charge on any atom is -0.469 e. The van der Waals surface area contributed by atoms with Crippen molar-refractivity contribution >= 4 is 28.9 Å². The summed E-state index contributed by atoms with van der Waals surface area (Å²) in [6.45, 7) is 1.84. The van der Waals surface area contributed by atoms with Gasteiger partial charge >= 0.3 is 5.97 Å². The molecular weight excluding hydrogens is 396 g/mol. The number of rotatable bonds is 6.